The van der Waals surface area contributed by atoms with Crippen LogP contribution in [0.25, 0.3) is 0 Å². The van der Waals surface area contributed by atoms with Gasteiger partial charge in [0.25, 0.3) is 5.91 Å². The van der Waals surface area contributed by atoms with Gasteiger partial charge in [0.05, 0.1) is 0 Å². The molecule has 1 heterocycles. The highest BCUT2D eigenvalue weighted by atomic mass is 16.5. The number of phenols is 1. The number of aryl methyl sites for hydroxylation is 1. The van der Waals surface area contributed by atoms with Crippen molar-refractivity contribution < 1.29 is 14.6 Å². The number of rotatable bonds is 5. The molecule has 3 N–H and O–H groups in total. The van der Waals surface area contributed by atoms with Gasteiger partial charge in [-0.3, -0.25) is 9.69 Å². The first kappa shape index (κ1) is 17.6. The van der Waals surface area contributed by atoms with Crippen LogP contribution in [0.2, 0.25) is 0 Å². The van der Waals surface area contributed by atoms with Gasteiger partial charge in [-0.2, -0.15) is 0 Å². The zero-order valence-corrected chi connectivity index (χ0v) is 15.0. The van der Waals surface area contributed by atoms with Gasteiger partial charge in [-0.25, -0.2) is 4.99 Å². The molecule has 1 unspecified atom stereocenters. The van der Waals surface area contributed by atoms with E-state index in [0.717, 1.165) is 18.4 Å². The van der Waals surface area contributed by atoms with E-state index in [4.69, 9.17) is 10.5 Å². The predicted molar refractivity (Wildman–Crippen MR) is 96.7 cm³/mol. The van der Waals surface area contributed by atoms with Crippen LogP contribution in [0.5, 0.6) is 11.5 Å². The molecule has 3 rings (SSSR count). The van der Waals surface area contributed by atoms with E-state index in [0.29, 0.717) is 18.1 Å². The monoisotopic (exact) mass is 345 g/mol. The molecule has 0 spiro atoms. The number of hydrogen-bond acceptors (Lipinski definition) is 5. The quantitative estimate of drug-likeness (QED) is 0.858. The second-order valence-corrected chi connectivity index (χ2v) is 7.31. The Morgan fingerprint density at radius 1 is 1.36 bits per heavy atom. The summed E-state index contributed by atoms with van der Waals surface area (Å²) in [7, 11) is 1.65. The number of hydrogen-bond donors (Lipinski definition) is 2. The maximum absolute atomic E-state index is 12.9. The van der Waals surface area contributed by atoms with Gasteiger partial charge in [0.2, 0.25) is 0 Å². The molecule has 0 bridgehead atoms. The van der Waals surface area contributed by atoms with E-state index in [1.807, 2.05) is 6.92 Å². The number of aromatic hydroxyl groups is 1. The second kappa shape index (κ2) is 6.94. The Labute approximate surface area is 148 Å². The molecule has 1 aliphatic carbocycles. The lowest BCUT2D eigenvalue weighted by Gasteiger charge is -2.31. The fourth-order valence-electron chi connectivity index (χ4n) is 3.79. The average Bonchev–Trinajstić information content (AvgIpc) is 2.81. The fraction of sp³-hybridized carbons (Fsp3) is 0.579. The molecule has 0 aromatic heterocycles. The largest absolute Gasteiger partial charge is 0.508 e. The van der Waals surface area contributed by atoms with Gasteiger partial charge in [0, 0.05) is 13.1 Å². The van der Waals surface area contributed by atoms with Crippen molar-refractivity contribution in [1.82, 2.24) is 4.90 Å². The van der Waals surface area contributed by atoms with Gasteiger partial charge >= 0.3 is 0 Å². The lowest BCUT2D eigenvalue weighted by molar-refractivity contribution is -0.132. The lowest BCUT2D eigenvalue weighted by Crippen LogP contribution is -2.47. The first-order valence-electron chi connectivity index (χ1n) is 8.97. The summed E-state index contributed by atoms with van der Waals surface area (Å²) in [5.74, 6) is 1.32. The van der Waals surface area contributed by atoms with Gasteiger partial charge in [0.15, 0.2) is 11.5 Å². The van der Waals surface area contributed by atoms with Crippen LogP contribution < -0.4 is 10.5 Å². The van der Waals surface area contributed by atoms with Gasteiger partial charge in [-0.15, -0.1) is 0 Å². The number of guanidine groups is 1. The van der Waals surface area contributed by atoms with Crippen molar-refractivity contribution in [3.8, 4) is 11.5 Å². The highest BCUT2D eigenvalue weighted by Gasteiger charge is 2.48. The van der Waals surface area contributed by atoms with Crippen LogP contribution >= 0.6 is 0 Å². The summed E-state index contributed by atoms with van der Waals surface area (Å²) in [4.78, 5) is 18.8. The Morgan fingerprint density at radius 2 is 2.08 bits per heavy atom. The molecule has 1 atom stereocenters. The second-order valence-electron chi connectivity index (χ2n) is 7.31. The van der Waals surface area contributed by atoms with Crippen LogP contribution in [0.1, 0.15) is 44.1 Å². The van der Waals surface area contributed by atoms with Gasteiger partial charge in [-0.1, -0.05) is 38.2 Å². The summed E-state index contributed by atoms with van der Waals surface area (Å²) < 4.78 is 5.87. The molecule has 1 aliphatic heterocycles. The number of benzene rings is 1. The molecule has 1 aromatic carbocycles. The molecule has 6 heteroatoms. The predicted octanol–water partition coefficient (Wildman–Crippen LogP) is 2.58. The number of amides is 1. The number of carbonyl (C=O) groups excluding carboxylic acids is 1. The highest BCUT2D eigenvalue weighted by Crippen LogP contribution is 2.36. The van der Waals surface area contributed by atoms with Gasteiger partial charge < -0.3 is 15.6 Å². The average molecular weight is 345 g/mol. The minimum atomic E-state index is -0.957. The van der Waals surface area contributed by atoms with E-state index >= 15 is 0 Å². The third-order valence-corrected chi connectivity index (χ3v) is 5.38. The molecular weight excluding hydrogens is 318 g/mol. The maximum Gasteiger partial charge on any atom is 0.260 e. The van der Waals surface area contributed by atoms with Crippen molar-refractivity contribution in [2.75, 3.05) is 13.7 Å². The lowest BCUT2D eigenvalue weighted by atomic mass is 9.79. The number of ether oxygens (including phenoxy) is 1. The van der Waals surface area contributed by atoms with Gasteiger partial charge in [-0.05, 0) is 30.9 Å². The van der Waals surface area contributed by atoms with Crippen LogP contribution in [0.3, 0.4) is 0 Å². The van der Waals surface area contributed by atoms with E-state index in [1.165, 1.54) is 24.2 Å². The highest BCUT2D eigenvalue weighted by molar-refractivity contribution is 6.06. The summed E-state index contributed by atoms with van der Waals surface area (Å²) in [6.07, 6.45) is 6.59. The zero-order chi connectivity index (χ0) is 18.0. The number of carbonyl (C=O) groups is 1. The molecular formula is C19H27N3O3. The minimum absolute atomic E-state index is 0.105. The standard InChI is InChI=1S/C19H27N3O3/c1-13-8-9-15(10-16(13)23)25-12-19(11-14-6-4-3-5-7-14)17(24)22(2)18(20)21-19/h8-10,14,23H,3-7,11-12H2,1-2H3,(H2,20,21). The third kappa shape index (κ3) is 3.57. The van der Waals surface area contributed by atoms with Crippen molar-refractivity contribution in [3.63, 3.8) is 0 Å². The van der Waals surface area contributed by atoms with Crippen molar-refractivity contribution in [2.45, 2.75) is 51.0 Å². The Hall–Kier alpha value is -2.24. The SMILES string of the molecule is Cc1ccc(OCC2(CC3CCCCC3)N=C(N)N(C)C2=O)cc1O. The van der Waals surface area contributed by atoms with Gasteiger partial charge in [0.1, 0.15) is 18.1 Å². The van der Waals surface area contributed by atoms with Crippen molar-refractivity contribution in [2.24, 2.45) is 16.6 Å². The number of phenolic OH excluding ortho intramolecular Hbond substituents is 1. The molecule has 136 valence electrons. The maximum atomic E-state index is 12.9. The van der Waals surface area contributed by atoms with Crippen LogP contribution in [-0.2, 0) is 4.79 Å². The van der Waals surface area contributed by atoms with E-state index in [-0.39, 0.29) is 24.2 Å². The van der Waals surface area contributed by atoms with Crippen LogP contribution in [0, 0.1) is 12.8 Å². The number of aliphatic imine (C=N–C) groups is 1. The first-order chi connectivity index (χ1) is 11.9. The molecule has 1 fully saturated rings. The fourth-order valence-corrected chi connectivity index (χ4v) is 3.79. The summed E-state index contributed by atoms with van der Waals surface area (Å²) in [6.45, 7) is 1.96. The Balaban J connectivity index is 1.79. The van der Waals surface area contributed by atoms with Crippen molar-refractivity contribution >= 4 is 11.9 Å². The topological polar surface area (TPSA) is 88.2 Å². The van der Waals surface area contributed by atoms with E-state index in [1.54, 1.807) is 25.2 Å². The summed E-state index contributed by atoms with van der Waals surface area (Å²) in [5, 5.41) is 9.85. The summed E-state index contributed by atoms with van der Waals surface area (Å²) in [6, 6.07) is 5.15. The van der Waals surface area contributed by atoms with Crippen LogP contribution in [0.4, 0.5) is 0 Å². The number of likely N-dealkylation sites (N-methyl/N-ethyl adjacent to an activating group) is 1. The van der Waals surface area contributed by atoms with Crippen molar-refractivity contribution in [1.29, 1.82) is 0 Å². The van der Waals surface area contributed by atoms with Crippen molar-refractivity contribution in [3.05, 3.63) is 23.8 Å². The molecule has 6 nitrogen and oxygen atoms in total. The Kier molecular flexibility index (Phi) is 4.88. The van der Waals surface area contributed by atoms with E-state index in [2.05, 4.69) is 4.99 Å². The summed E-state index contributed by atoms with van der Waals surface area (Å²) in [5.41, 5.74) is 5.75. The molecule has 0 radical (unpaired) electrons. The molecule has 0 saturated heterocycles. The molecule has 1 amide bonds. The Morgan fingerprint density at radius 3 is 2.68 bits per heavy atom. The third-order valence-electron chi connectivity index (χ3n) is 5.38. The normalized spacial score (nSPS) is 24.5. The zero-order valence-electron chi connectivity index (χ0n) is 15.0. The number of nitrogens with two attached hydrogens (primary N) is 1. The summed E-state index contributed by atoms with van der Waals surface area (Å²) >= 11 is 0. The van der Waals surface area contributed by atoms with Crippen LogP contribution in [0.15, 0.2) is 23.2 Å². The smallest absolute Gasteiger partial charge is 0.260 e. The molecule has 25 heavy (non-hydrogen) atoms. The van der Waals surface area contributed by atoms with E-state index in [9.17, 15) is 9.90 Å². The first-order valence-corrected chi connectivity index (χ1v) is 8.97. The number of nitrogens with zero attached hydrogens (tertiary/aromatic N) is 2. The minimum Gasteiger partial charge on any atom is -0.508 e. The molecule has 2 aliphatic rings. The van der Waals surface area contributed by atoms with E-state index < -0.39 is 5.54 Å². The molecule has 1 saturated carbocycles. The Bertz CT molecular complexity index is 682. The van der Waals surface area contributed by atoms with Crippen LogP contribution in [-0.4, -0.2) is 41.1 Å². The molecule has 1 aromatic rings.